The smallest absolute Gasteiger partial charge is 0.00645 e. The summed E-state index contributed by atoms with van der Waals surface area (Å²) in [5.41, 5.74) is 6.16. The van der Waals surface area contributed by atoms with E-state index < -0.39 is 0 Å². The van der Waals surface area contributed by atoms with Crippen LogP contribution >= 0.6 is 0 Å². The fraction of sp³-hybridized carbons (Fsp3) is 1.00. The van der Waals surface area contributed by atoms with E-state index in [1.54, 1.807) is 0 Å². The van der Waals surface area contributed by atoms with Crippen molar-refractivity contribution in [2.75, 3.05) is 0 Å². The molecule has 1 rings (SSSR count). The third kappa shape index (κ3) is 4.45. The molecule has 1 aliphatic carbocycles. The summed E-state index contributed by atoms with van der Waals surface area (Å²) in [7, 11) is 0. The molecule has 1 unspecified atom stereocenters. The molecule has 0 aromatic carbocycles. The highest BCUT2D eigenvalue weighted by atomic mass is 14.6. The van der Waals surface area contributed by atoms with Crippen LogP contribution in [0.1, 0.15) is 65.2 Å². The lowest BCUT2D eigenvalue weighted by atomic mass is 9.92. The molecule has 1 aliphatic rings. The lowest BCUT2D eigenvalue weighted by molar-refractivity contribution is 0.381. The van der Waals surface area contributed by atoms with Crippen molar-refractivity contribution in [3.8, 4) is 0 Å². The van der Waals surface area contributed by atoms with Gasteiger partial charge in [0.15, 0.2) is 0 Å². The molecule has 0 amide bonds. The summed E-state index contributed by atoms with van der Waals surface area (Å²) in [4.78, 5) is 0. The fourth-order valence-electron chi connectivity index (χ4n) is 2.48. The maximum atomic E-state index is 6.16. The van der Waals surface area contributed by atoms with Gasteiger partial charge in [-0.1, -0.05) is 52.4 Å². The van der Waals surface area contributed by atoms with E-state index in [0.29, 0.717) is 6.04 Å². The quantitative estimate of drug-likeness (QED) is 0.629. The van der Waals surface area contributed by atoms with Crippen LogP contribution in [0.15, 0.2) is 0 Å². The Labute approximate surface area is 89.5 Å². The standard InChI is InChI=1S/C13H27N/c1-11-7-4-3-5-9-12(2)13(14)10-6-8-11/h11-13H,3-10,14H2,1-2H3/t11-,12-,13?/m0/s1. The SMILES string of the molecule is C[C@H]1CCCCC[C@H](C)C(N)CCC1. The van der Waals surface area contributed by atoms with Crippen LogP contribution in [0.3, 0.4) is 0 Å². The minimum absolute atomic E-state index is 0.459. The van der Waals surface area contributed by atoms with Gasteiger partial charge in [0.25, 0.3) is 0 Å². The lowest BCUT2D eigenvalue weighted by Crippen LogP contribution is -2.28. The summed E-state index contributed by atoms with van der Waals surface area (Å²) in [6.07, 6.45) is 11.0. The largest absolute Gasteiger partial charge is 0.327 e. The highest BCUT2D eigenvalue weighted by Crippen LogP contribution is 2.22. The summed E-state index contributed by atoms with van der Waals surface area (Å²) in [5, 5.41) is 0. The number of nitrogens with two attached hydrogens (primary N) is 1. The van der Waals surface area contributed by atoms with Crippen molar-refractivity contribution >= 4 is 0 Å². The Bertz CT molecular complexity index is 144. The van der Waals surface area contributed by atoms with E-state index in [-0.39, 0.29) is 0 Å². The Hall–Kier alpha value is -0.0400. The Balaban J connectivity index is 2.34. The van der Waals surface area contributed by atoms with Crippen LogP contribution in [-0.2, 0) is 0 Å². The first-order chi connectivity index (χ1) is 6.70. The third-order valence-corrected chi connectivity index (χ3v) is 3.82. The first-order valence-electron chi connectivity index (χ1n) is 6.45. The van der Waals surface area contributed by atoms with Crippen molar-refractivity contribution in [1.82, 2.24) is 0 Å². The Morgan fingerprint density at radius 3 is 2.21 bits per heavy atom. The fourth-order valence-corrected chi connectivity index (χ4v) is 2.48. The molecule has 0 heterocycles. The molecule has 3 atom stereocenters. The molecule has 14 heavy (non-hydrogen) atoms. The maximum absolute atomic E-state index is 6.16. The van der Waals surface area contributed by atoms with Crippen LogP contribution in [0, 0.1) is 11.8 Å². The predicted molar refractivity (Wildman–Crippen MR) is 63.2 cm³/mol. The van der Waals surface area contributed by atoms with Gasteiger partial charge in [-0.3, -0.25) is 0 Å². The first-order valence-corrected chi connectivity index (χ1v) is 6.45. The Morgan fingerprint density at radius 2 is 1.43 bits per heavy atom. The van der Waals surface area contributed by atoms with Gasteiger partial charge in [0.2, 0.25) is 0 Å². The van der Waals surface area contributed by atoms with E-state index >= 15 is 0 Å². The zero-order chi connectivity index (χ0) is 10.4. The van der Waals surface area contributed by atoms with Gasteiger partial charge in [-0.2, -0.15) is 0 Å². The van der Waals surface area contributed by atoms with E-state index in [4.69, 9.17) is 5.73 Å². The summed E-state index contributed by atoms with van der Waals surface area (Å²) >= 11 is 0. The molecule has 0 aromatic rings. The molecule has 1 fully saturated rings. The monoisotopic (exact) mass is 197 g/mol. The predicted octanol–water partition coefficient (Wildman–Crippen LogP) is 3.72. The van der Waals surface area contributed by atoms with Gasteiger partial charge in [0.1, 0.15) is 0 Å². The Morgan fingerprint density at radius 1 is 0.786 bits per heavy atom. The van der Waals surface area contributed by atoms with Gasteiger partial charge in [-0.25, -0.2) is 0 Å². The normalized spacial score (nSPS) is 37.5. The highest BCUT2D eigenvalue weighted by molar-refractivity contribution is 4.71. The molecule has 84 valence electrons. The number of rotatable bonds is 0. The first kappa shape index (κ1) is 12.0. The average molecular weight is 197 g/mol. The Kier molecular flexibility index (Phi) is 5.54. The average Bonchev–Trinajstić information content (AvgIpc) is 2.18. The molecule has 1 saturated carbocycles. The van der Waals surface area contributed by atoms with Crippen LogP contribution in [0.5, 0.6) is 0 Å². The molecule has 0 aromatic heterocycles. The molecule has 0 bridgehead atoms. The van der Waals surface area contributed by atoms with E-state index in [9.17, 15) is 0 Å². The van der Waals surface area contributed by atoms with Gasteiger partial charge in [-0.05, 0) is 24.7 Å². The molecular weight excluding hydrogens is 170 g/mol. The molecular formula is C13H27N. The maximum Gasteiger partial charge on any atom is 0.00645 e. The summed E-state index contributed by atoms with van der Waals surface area (Å²) < 4.78 is 0. The van der Waals surface area contributed by atoms with Crippen LogP contribution < -0.4 is 5.73 Å². The van der Waals surface area contributed by atoms with Crippen molar-refractivity contribution in [1.29, 1.82) is 0 Å². The van der Waals surface area contributed by atoms with E-state index in [1.807, 2.05) is 0 Å². The molecule has 1 heteroatoms. The van der Waals surface area contributed by atoms with E-state index in [2.05, 4.69) is 13.8 Å². The van der Waals surface area contributed by atoms with Crippen molar-refractivity contribution in [3.63, 3.8) is 0 Å². The van der Waals surface area contributed by atoms with E-state index in [0.717, 1.165) is 11.8 Å². The molecule has 2 N–H and O–H groups in total. The zero-order valence-corrected chi connectivity index (χ0v) is 9.97. The van der Waals surface area contributed by atoms with E-state index in [1.165, 1.54) is 51.4 Å². The molecule has 0 radical (unpaired) electrons. The van der Waals surface area contributed by atoms with Gasteiger partial charge in [0.05, 0.1) is 0 Å². The van der Waals surface area contributed by atoms with Crippen LogP contribution in [0.25, 0.3) is 0 Å². The number of hydrogen-bond donors (Lipinski definition) is 1. The summed E-state index contributed by atoms with van der Waals surface area (Å²) in [5.74, 6) is 1.67. The highest BCUT2D eigenvalue weighted by Gasteiger charge is 2.14. The van der Waals surface area contributed by atoms with Gasteiger partial charge < -0.3 is 5.73 Å². The lowest BCUT2D eigenvalue weighted by Gasteiger charge is -2.19. The van der Waals surface area contributed by atoms with Crippen LogP contribution in [0.4, 0.5) is 0 Å². The van der Waals surface area contributed by atoms with Gasteiger partial charge >= 0.3 is 0 Å². The summed E-state index contributed by atoms with van der Waals surface area (Å²) in [6, 6.07) is 0.459. The molecule has 1 nitrogen and oxygen atoms in total. The number of hydrogen-bond acceptors (Lipinski definition) is 1. The second-order valence-electron chi connectivity index (χ2n) is 5.32. The molecule has 0 aliphatic heterocycles. The minimum atomic E-state index is 0.459. The summed E-state index contributed by atoms with van der Waals surface area (Å²) in [6.45, 7) is 4.72. The second kappa shape index (κ2) is 6.44. The molecule has 0 spiro atoms. The van der Waals surface area contributed by atoms with Crippen molar-refractivity contribution in [2.24, 2.45) is 17.6 Å². The van der Waals surface area contributed by atoms with Crippen molar-refractivity contribution < 1.29 is 0 Å². The third-order valence-electron chi connectivity index (χ3n) is 3.82. The van der Waals surface area contributed by atoms with Gasteiger partial charge in [0, 0.05) is 6.04 Å². The van der Waals surface area contributed by atoms with Crippen LogP contribution in [-0.4, -0.2) is 6.04 Å². The van der Waals surface area contributed by atoms with Crippen molar-refractivity contribution in [2.45, 2.75) is 71.3 Å². The van der Waals surface area contributed by atoms with Crippen molar-refractivity contribution in [3.05, 3.63) is 0 Å². The molecule has 0 saturated heterocycles. The van der Waals surface area contributed by atoms with Gasteiger partial charge in [-0.15, -0.1) is 0 Å². The zero-order valence-electron chi connectivity index (χ0n) is 9.97. The van der Waals surface area contributed by atoms with Crippen LogP contribution in [0.2, 0.25) is 0 Å². The second-order valence-corrected chi connectivity index (χ2v) is 5.32. The minimum Gasteiger partial charge on any atom is -0.327 e. The topological polar surface area (TPSA) is 26.0 Å².